The van der Waals surface area contributed by atoms with E-state index in [9.17, 15) is 10.1 Å². The van der Waals surface area contributed by atoms with Crippen LogP contribution in [-0.2, 0) is 5.41 Å². The minimum absolute atomic E-state index is 0.0871. The number of benzene rings is 3. The number of rotatable bonds is 2. The van der Waals surface area contributed by atoms with Gasteiger partial charge in [-0.25, -0.2) is 0 Å². The van der Waals surface area contributed by atoms with Crippen molar-refractivity contribution in [2.45, 2.75) is 19.3 Å². The predicted octanol–water partition coefficient (Wildman–Crippen LogP) is 6.22. The van der Waals surface area contributed by atoms with Crippen molar-refractivity contribution in [2.24, 2.45) is 0 Å². The predicted molar refractivity (Wildman–Crippen MR) is 101 cm³/mol. The summed E-state index contributed by atoms with van der Waals surface area (Å²) in [4.78, 5) is 11.0. The molecular formula is C21H16ClNO2. The molecule has 0 heterocycles. The van der Waals surface area contributed by atoms with Gasteiger partial charge in [0.1, 0.15) is 0 Å². The topological polar surface area (TPSA) is 43.1 Å². The van der Waals surface area contributed by atoms with Gasteiger partial charge in [-0.1, -0.05) is 61.8 Å². The van der Waals surface area contributed by atoms with Crippen LogP contribution >= 0.6 is 11.6 Å². The van der Waals surface area contributed by atoms with Gasteiger partial charge >= 0.3 is 0 Å². The molecule has 0 amide bonds. The molecule has 4 rings (SSSR count). The third-order valence-electron chi connectivity index (χ3n) is 5.02. The fourth-order valence-electron chi connectivity index (χ4n) is 3.88. The van der Waals surface area contributed by atoms with Gasteiger partial charge in [0.25, 0.3) is 5.69 Å². The first-order valence-corrected chi connectivity index (χ1v) is 8.47. The smallest absolute Gasteiger partial charge is 0.258 e. The molecule has 0 bridgehead atoms. The normalized spacial score (nSPS) is 14.0. The molecular weight excluding hydrogens is 334 g/mol. The van der Waals surface area contributed by atoms with E-state index in [1.807, 2.05) is 24.3 Å². The molecule has 0 saturated heterocycles. The van der Waals surface area contributed by atoms with Crippen molar-refractivity contribution in [3.05, 3.63) is 86.9 Å². The number of para-hydroxylation sites is 1. The number of halogens is 1. The van der Waals surface area contributed by atoms with Crippen LogP contribution in [0.25, 0.3) is 22.3 Å². The van der Waals surface area contributed by atoms with E-state index in [2.05, 4.69) is 26.0 Å². The first-order chi connectivity index (χ1) is 11.9. The number of hydrogen-bond acceptors (Lipinski definition) is 2. The Balaban J connectivity index is 2.01. The van der Waals surface area contributed by atoms with Crippen LogP contribution < -0.4 is 0 Å². The van der Waals surface area contributed by atoms with Crippen LogP contribution in [0.15, 0.2) is 60.7 Å². The van der Waals surface area contributed by atoms with Gasteiger partial charge in [0.05, 0.1) is 10.5 Å². The molecule has 1 aliphatic carbocycles. The van der Waals surface area contributed by atoms with Gasteiger partial charge in [-0.2, -0.15) is 0 Å². The summed E-state index contributed by atoms with van der Waals surface area (Å²) in [5, 5.41) is 12.0. The van der Waals surface area contributed by atoms with Gasteiger partial charge in [0, 0.05) is 16.5 Å². The zero-order valence-electron chi connectivity index (χ0n) is 13.9. The Hall–Kier alpha value is -2.65. The third-order valence-corrected chi connectivity index (χ3v) is 5.32. The van der Waals surface area contributed by atoms with Crippen molar-refractivity contribution in [3.63, 3.8) is 0 Å². The Morgan fingerprint density at radius 2 is 1.56 bits per heavy atom. The summed E-state index contributed by atoms with van der Waals surface area (Å²) in [6, 6.07) is 18.9. The minimum atomic E-state index is -0.353. The van der Waals surface area contributed by atoms with Crippen LogP contribution in [0.3, 0.4) is 0 Å². The summed E-state index contributed by atoms with van der Waals surface area (Å²) in [5.74, 6) is 0. The lowest BCUT2D eigenvalue weighted by Gasteiger charge is -2.22. The zero-order valence-corrected chi connectivity index (χ0v) is 14.7. The number of nitro benzene ring substituents is 1. The minimum Gasteiger partial charge on any atom is -0.258 e. The van der Waals surface area contributed by atoms with E-state index in [1.54, 1.807) is 18.2 Å². The summed E-state index contributed by atoms with van der Waals surface area (Å²) in [5.41, 5.74) is 5.76. The van der Waals surface area contributed by atoms with E-state index in [1.165, 1.54) is 11.6 Å². The number of nitro groups is 1. The molecule has 0 atom stereocenters. The van der Waals surface area contributed by atoms with Crippen molar-refractivity contribution in [2.75, 3.05) is 0 Å². The van der Waals surface area contributed by atoms with E-state index in [-0.39, 0.29) is 16.0 Å². The Morgan fingerprint density at radius 3 is 2.28 bits per heavy atom. The number of nitrogens with zero attached hydrogens (tertiary/aromatic N) is 1. The number of hydrogen-bond donors (Lipinski definition) is 0. The van der Waals surface area contributed by atoms with Gasteiger partial charge < -0.3 is 0 Å². The second kappa shape index (κ2) is 5.43. The van der Waals surface area contributed by atoms with Crippen LogP contribution in [0.4, 0.5) is 5.69 Å². The highest BCUT2D eigenvalue weighted by atomic mass is 35.5. The van der Waals surface area contributed by atoms with E-state index in [4.69, 9.17) is 11.6 Å². The van der Waals surface area contributed by atoms with Crippen molar-refractivity contribution < 1.29 is 4.92 Å². The quantitative estimate of drug-likeness (QED) is 0.407. The first kappa shape index (κ1) is 15.9. The Morgan fingerprint density at radius 1 is 0.920 bits per heavy atom. The summed E-state index contributed by atoms with van der Waals surface area (Å²) >= 11 is 6.66. The van der Waals surface area contributed by atoms with Crippen molar-refractivity contribution in [1.82, 2.24) is 0 Å². The summed E-state index contributed by atoms with van der Waals surface area (Å²) in [6.07, 6.45) is 0. The molecule has 0 fully saturated rings. The van der Waals surface area contributed by atoms with Crippen LogP contribution in [0, 0.1) is 10.1 Å². The van der Waals surface area contributed by atoms with Gasteiger partial charge in [0.15, 0.2) is 0 Å². The highest BCUT2D eigenvalue weighted by Crippen LogP contribution is 2.52. The van der Waals surface area contributed by atoms with E-state index in [0.29, 0.717) is 10.6 Å². The lowest BCUT2D eigenvalue weighted by Crippen LogP contribution is -2.15. The molecule has 0 radical (unpaired) electrons. The zero-order chi connectivity index (χ0) is 17.8. The largest absolute Gasteiger partial charge is 0.277 e. The maximum atomic E-state index is 11.4. The van der Waals surface area contributed by atoms with Crippen molar-refractivity contribution in [3.8, 4) is 22.3 Å². The molecule has 3 nitrogen and oxygen atoms in total. The lowest BCUT2D eigenvalue weighted by molar-refractivity contribution is -0.384. The second-order valence-electron chi connectivity index (χ2n) is 6.83. The molecule has 124 valence electrons. The van der Waals surface area contributed by atoms with E-state index >= 15 is 0 Å². The van der Waals surface area contributed by atoms with Crippen LogP contribution in [0.1, 0.15) is 25.0 Å². The maximum Gasteiger partial charge on any atom is 0.277 e. The maximum absolute atomic E-state index is 11.4. The van der Waals surface area contributed by atoms with Crippen LogP contribution in [0.5, 0.6) is 0 Å². The highest BCUT2D eigenvalue weighted by Gasteiger charge is 2.37. The first-order valence-electron chi connectivity index (χ1n) is 8.09. The van der Waals surface area contributed by atoms with Gasteiger partial charge in [-0.3, -0.25) is 10.1 Å². The molecule has 0 spiro atoms. The van der Waals surface area contributed by atoms with Gasteiger partial charge in [-0.15, -0.1) is 0 Å². The average Bonchev–Trinajstić information content (AvgIpc) is 2.83. The van der Waals surface area contributed by atoms with E-state index < -0.39 is 0 Å². The average molecular weight is 350 g/mol. The molecule has 25 heavy (non-hydrogen) atoms. The summed E-state index contributed by atoms with van der Waals surface area (Å²) < 4.78 is 0. The SMILES string of the molecule is CC1(C)c2ccccc2-c2cc(-c3ccccc3[N+](=O)[O-])cc(Cl)c21. The molecule has 4 heteroatoms. The standard InChI is InChI=1S/C21H16ClNO2/c1-21(2)17-9-5-3-8-15(17)16-11-13(12-18(22)20(16)21)14-7-4-6-10-19(14)23(24)25/h3-12H,1-2H3. The van der Waals surface area contributed by atoms with Gasteiger partial charge in [0.2, 0.25) is 0 Å². The molecule has 0 unspecified atom stereocenters. The molecule has 0 N–H and O–H groups in total. The second-order valence-corrected chi connectivity index (χ2v) is 7.23. The fraction of sp³-hybridized carbons (Fsp3) is 0.143. The fourth-order valence-corrected chi connectivity index (χ4v) is 4.34. The molecule has 3 aromatic carbocycles. The number of fused-ring (bicyclic) bond motifs is 3. The molecule has 0 saturated carbocycles. The summed E-state index contributed by atoms with van der Waals surface area (Å²) in [6.45, 7) is 4.32. The Labute approximate surface area is 151 Å². The van der Waals surface area contributed by atoms with Crippen LogP contribution in [0.2, 0.25) is 5.02 Å². The van der Waals surface area contributed by atoms with Crippen molar-refractivity contribution >= 4 is 17.3 Å². The highest BCUT2D eigenvalue weighted by molar-refractivity contribution is 6.32. The molecule has 0 aliphatic heterocycles. The Kier molecular flexibility index (Phi) is 3.44. The van der Waals surface area contributed by atoms with E-state index in [0.717, 1.165) is 22.3 Å². The molecule has 3 aromatic rings. The molecule has 0 aromatic heterocycles. The monoisotopic (exact) mass is 349 g/mol. The Bertz CT molecular complexity index is 1020. The lowest BCUT2D eigenvalue weighted by atomic mass is 9.82. The third kappa shape index (κ3) is 2.27. The molecule has 1 aliphatic rings. The van der Waals surface area contributed by atoms with Gasteiger partial charge in [-0.05, 0) is 46.0 Å². The van der Waals surface area contributed by atoms with Crippen LogP contribution in [-0.4, -0.2) is 4.92 Å². The summed E-state index contributed by atoms with van der Waals surface area (Å²) in [7, 11) is 0. The van der Waals surface area contributed by atoms with Crippen molar-refractivity contribution in [1.29, 1.82) is 0 Å².